The van der Waals surface area contributed by atoms with Gasteiger partial charge in [0.25, 0.3) is 0 Å². The van der Waals surface area contributed by atoms with Crippen LogP contribution in [-0.2, 0) is 5.60 Å². The summed E-state index contributed by atoms with van der Waals surface area (Å²) in [5, 5.41) is 18.9. The quantitative estimate of drug-likeness (QED) is 0.810. The predicted octanol–water partition coefficient (Wildman–Crippen LogP) is 2.29. The Hall–Kier alpha value is -1.42. The summed E-state index contributed by atoms with van der Waals surface area (Å²) in [6.45, 7) is 0. The van der Waals surface area contributed by atoms with Gasteiger partial charge in [0.15, 0.2) is 0 Å². The SMILES string of the molecule is O=C(O)c1ccc(C2(O)CCCC2)c(F)c1. The molecule has 2 N–H and O–H groups in total. The lowest BCUT2D eigenvalue weighted by atomic mass is 9.91. The Kier molecular flexibility index (Phi) is 2.68. The van der Waals surface area contributed by atoms with Gasteiger partial charge in [0.2, 0.25) is 0 Å². The number of hydrogen-bond donors (Lipinski definition) is 2. The molecule has 2 rings (SSSR count). The molecule has 0 heterocycles. The standard InChI is InChI=1S/C12H13FO3/c13-10-7-8(11(14)15)3-4-9(10)12(16)5-1-2-6-12/h3-4,7,16H,1-2,5-6H2,(H,14,15). The van der Waals surface area contributed by atoms with Gasteiger partial charge in [0, 0.05) is 5.56 Å². The fourth-order valence-corrected chi connectivity index (χ4v) is 2.25. The largest absolute Gasteiger partial charge is 0.478 e. The average molecular weight is 224 g/mol. The van der Waals surface area contributed by atoms with Crippen molar-refractivity contribution >= 4 is 5.97 Å². The zero-order chi connectivity index (χ0) is 11.8. The highest BCUT2D eigenvalue weighted by Gasteiger charge is 2.35. The van der Waals surface area contributed by atoms with Crippen molar-refractivity contribution in [2.24, 2.45) is 0 Å². The summed E-state index contributed by atoms with van der Waals surface area (Å²) in [5.74, 6) is -1.80. The van der Waals surface area contributed by atoms with Gasteiger partial charge in [-0.1, -0.05) is 18.9 Å². The van der Waals surface area contributed by atoms with Crippen LogP contribution in [0.1, 0.15) is 41.6 Å². The second kappa shape index (κ2) is 3.87. The molecule has 0 unspecified atom stereocenters. The summed E-state index contributed by atoms with van der Waals surface area (Å²) < 4.78 is 13.7. The highest BCUT2D eigenvalue weighted by Crippen LogP contribution is 2.39. The first kappa shape index (κ1) is 11.1. The van der Waals surface area contributed by atoms with Gasteiger partial charge in [0.05, 0.1) is 11.2 Å². The molecular weight excluding hydrogens is 211 g/mol. The molecule has 16 heavy (non-hydrogen) atoms. The predicted molar refractivity (Wildman–Crippen MR) is 55.7 cm³/mol. The van der Waals surface area contributed by atoms with E-state index in [1.165, 1.54) is 12.1 Å². The molecule has 86 valence electrons. The minimum atomic E-state index is -1.16. The fourth-order valence-electron chi connectivity index (χ4n) is 2.25. The molecule has 0 aromatic heterocycles. The van der Waals surface area contributed by atoms with Crippen molar-refractivity contribution in [2.75, 3.05) is 0 Å². The molecule has 0 radical (unpaired) electrons. The van der Waals surface area contributed by atoms with Gasteiger partial charge in [-0.3, -0.25) is 0 Å². The molecule has 4 heteroatoms. The molecule has 1 aromatic carbocycles. The summed E-state index contributed by atoms with van der Waals surface area (Å²) in [4.78, 5) is 10.6. The van der Waals surface area contributed by atoms with Gasteiger partial charge in [-0.2, -0.15) is 0 Å². The molecule has 1 aromatic rings. The van der Waals surface area contributed by atoms with Crippen molar-refractivity contribution in [3.63, 3.8) is 0 Å². The molecule has 1 fully saturated rings. The highest BCUT2D eigenvalue weighted by atomic mass is 19.1. The van der Waals surface area contributed by atoms with Crippen LogP contribution in [-0.4, -0.2) is 16.2 Å². The molecule has 0 aliphatic heterocycles. The van der Waals surface area contributed by atoms with Crippen molar-refractivity contribution in [2.45, 2.75) is 31.3 Å². The molecule has 1 aliphatic rings. The Morgan fingerprint density at radius 2 is 1.94 bits per heavy atom. The number of halogens is 1. The van der Waals surface area contributed by atoms with Crippen molar-refractivity contribution in [3.05, 3.63) is 35.1 Å². The molecule has 1 saturated carbocycles. The zero-order valence-corrected chi connectivity index (χ0v) is 8.74. The van der Waals surface area contributed by atoms with E-state index in [4.69, 9.17) is 5.11 Å². The molecule has 0 bridgehead atoms. The van der Waals surface area contributed by atoms with E-state index in [9.17, 15) is 14.3 Å². The van der Waals surface area contributed by atoms with Crippen LogP contribution < -0.4 is 0 Å². The van der Waals surface area contributed by atoms with E-state index < -0.39 is 17.4 Å². The molecule has 0 amide bonds. The Morgan fingerprint density at radius 1 is 1.31 bits per heavy atom. The van der Waals surface area contributed by atoms with Gasteiger partial charge in [-0.15, -0.1) is 0 Å². The summed E-state index contributed by atoms with van der Waals surface area (Å²) in [6, 6.07) is 3.68. The number of benzene rings is 1. The monoisotopic (exact) mass is 224 g/mol. The third kappa shape index (κ3) is 1.80. The average Bonchev–Trinajstić information content (AvgIpc) is 2.65. The third-order valence-electron chi connectivity index (χ3n) is 3.15. The topological polar surface area (TPSA) is 57.5 Å². The summed E-state index contributed by atoms with van der Waals surface area (Å²) in [5.41, 5.74) is -0.987. The van der Waals surface area contributed by atoms with E-state index in [1.54, 1.807) is 0 Å². The maximum absolute atomic E-state index is 13.7. The zero-order valence-electron chi connectivity index (χ0n) is 8.74. The summed E-state index contributed by atoms with van der Waals surface area (Å²) in [7, 11) is 0. The first-order chi connectivity index (χ1) is 7.53. The van der Waals surface area contributed by atoms with Crippen molar-refractivity contribution in [1.29, 1.82) is 0 Å². The van der Waals surface area contributed by atoms with Gasteiger partial charge < -0.3 is 10.2 Å². The number of carbonyl (C=O) groups is 1. The van der Waals surface area contributed by atoms with Crippen LogP contribution in [0.25, 0.3) is 0 Å². The second-order valence-electron chi connectivity index (χ2n) is 4.24. The summed E-state index contributed by atoms with van der Waals surface area (Å²) in [6.07, 6.45) is 2.82. The van der Waals surface area contributed by atoms with E-state index in [-0.39, 0.29) is 11.1 Å². The van der Waals surface area contributed by atoms with Crippen LogP contribution in [0.5, 0.6) is 0 Å². The number of aromatic carboxylic acids is 1. The molecule has 0 atom stereocenters. The number of aliphatic hydroxyl groups is 1. The summed E-state index contributed by atoms with van der Waals surface area (Å²) >= 11 is 0. The van der Waals surface area contributed by atoms with Crippen LogP contribution in [0.3, 0.4) is 0 Å². The van der Waals surface area contributed by atoms with Crippen LogP contribution in [0.2, 0.25) is 0 Å². The van der Waals surface area contributed by atoms with Gasteiger partial charge in [-0.25, -0.2) is 9.18 Å². The lowest BCUT2D eigenvalue weighted by Gasteiger charge is -2.23. The normalized spacial score (nSPS) is 18.6. The maximum Gasteiger partial charge on any atom is 0.335 e. The molecule has 3 nitrogen and oxygen atoms in total. The minimum Gasteiger partial charge on any atom is -0.478 e. The van der Waals surface area contributed by atoms with Gasteiger partial charge in [-0.05, 0) is 25.0 Å². The van der Waals surface area contributed by atoms with E-state index in [2.05, 4.69) is 0 Å². The smallest absolute Gasteiger partial charge is 0.335 e. The molecular formula is C12H13FO3. The van der Waals surface area contributed by atoms with E-state index in [1.807, 2.05) is 0 Å². The Labute approximate surface area is 92.5 Å². The van der Waals surface area contributed by atoms with Gasteiger partial charge >= 0.3 is 5.97 Å². The highest BCUT2D eigenvalue weighted by molar-refractivity contribution is 5.87. The number of carboxylic acids is 1. The lowest BCUT2D eigenvalue weighted by molar-refractivity contribution is 0.0406. The van der Waals surface area contributed by atoms with Crippen molar-refractivity contribution in [1.82, 2.24) is 0 Å². The number of rotatable bonds is 2. The third-order valence-corrected chi connectivity index (χ3v) is 3.15. The van der Waals surface area contributed by atoms with E-state index in [0.717, 1.165) is 18.9 Å². The van der Waals surface area contributed by atoms with Crippen LogP contribution in [0, 0.1) is 5.82 Å². The number of hydrogen-bond acceptors (Lipinski definition) is 2. The Morgan fingerprint density at radius 3 is 2.44 bits per heavy atom. The van der Waals surface area contributed by atoms with Crippen LogP contribution in [0.15, 0.2) is 18.2 Å². The lowest BCUT2D eigenvalue weighted by Crippen LogP contribution is -2.22. The van der Waals surface area contributed by atoms with Crippen LogP contribution in [0.4, 0.5) is 4.39 Å². The number of carboxylic acid groups (broad SMARTS) is 1. The van der Waals surface area contributed by atoms with Crippen molar-refractivity contribution < 1.29 is 19.4 Å². The van der Waals surface area contributed by atoms with Crippen molar-refractivity contribution in [3.8, 4) is 0 Å². The van der Waals surface area contributed by atoms with Gasteiger partial charge in [0.1, 0.15) is 5.82 Å². The first-order valence-corrected chi connectivity index (χ1v) is 5.29. The molecule has 0 spiro atoms. The minimum absolute atomic E-state index is 0.0946. The Bertz CT molecular complexity index is 422. The first-order valence-electron chi connectivity index (χ1n) is 5.29. The van der Waals surface area contributed by atoms with E-state index in [0.29, 0.717) is 12.8 Å². The van der Waals surface area contributed by atoms with E-state index >= 15 is 0 Å². The maximum atomic E-state index is 13.7. The molecule has 0 saturated heterocycles. The Balaban J connectivity index is 2.39. The fraction of sp³-hybridized carbons (Fsp3) is 0.417. The second-order valence-corrected chi connectivity index (χ2v) is 4.24. The van der Waals surface area contributed by atoms with Crippen LogP contribution >= 0.6 is 0 Å². The molecule has 1 aliphatic carbocycles.